The molecule has 0 aliphatic heterocycles. The molecule has 2 N–H and O–H groups in total. The first-order valence-electron chi connectivity index (χ1n) is 7.65. The van der Waals surface area contributed by atoms with Crippen molar-refractivity contribution in [2.24, 2.45) is 0 Å². The lowest BCUT2D eigenvalue weighted by Gasteiger charge is -2.07. The fraction of sp³-hybridized carbons (Fsp3) is 0.158. The van der Waals surface area contributed by atoms with E-state index in [0.29, 0.717) is 22.3 Å². The third-order valence-corrected chi connectivity index (χ3v) is 4.03. The van der Waals surface area contributed by atoms with E-state index in [1.54, 1.807) is 12.1 Å². The van der Waals surface area contributed by atoms with Crippen LogP contribution in [0.15, 0.2) is 54.2 Å². The van der Waals surface area contributed by atoms with Gasteiger partial charge in [-0.3, -0.25) is 4.79 Å². The lowest BCUT2D eigenvalue weighted by molar-refractivity contribution is -0.112. The zero-order valence-corrected chi connectivity index (χ0v) is 15.2. The highest BCUT2D eigenvalue weighted by Crippen LogP contribution is 2.25. The van der Waals surface area contributed by atoms with Gasteiger partial charge in [0.2, 0.25) is 0 Å². The molecule has 25 heavy (non-hydrogen) atoms. The number of carbonyl (C=O) groups excluding carboxylic acids is 1. The van der Waals surface area contributed by atoms with Crippen molar-refractivity contribution in [3.8, 4) is 6.07 Å². The van der Waals surface area contributed by atoms with Crippen molar-refractivity contribution in [1.29, 1.82) is 5.26 Å². The van der Waals surface area contributed by atoms with E-state index in [1.807, 2.05) is 25.1 Å². The van der Waals surface area contributed by atoms with Gasteiger partial charge in [0, 0.05) is 17.8 Å². The van der Waals surface area contributed by atoms with Gasteiger partial charge in [0.15, 0.2) is 0 Å². The molecule has 0 radical (unpaired) electrons. The molecule has 0 aliphatic rings. The second kappa shape index (κ2) is 9.12. The Balaban J connectivity index is 1.92. The summed E-state index contributed by atoms with van der Waals surface area (Å²) < 4.78 is 0. The number of nitrogens with one attached hydrogen (secondary N) is 2. The number of anilines is 1. The highest BCUT2D eigenvalue weighted by Gasteiger charge is 2.11. The minimum atomic E-state index is -0.547. The van der Waals surface area contributed by atoms with Gasteiger partial charge in [-0.2, -0.15) is 5.26 Å². The van der Waals surface area contributed by atoms with Gasteiger partial charge in [0.25, 0.3) is 5.91 Å². The number of benzene rings is 2. The van der Waals surface area contributed by atoms with E-state index in [-0.39, 0.29) is 5.57 Å². The number of amides is 1. The molecule has 0 aliphatic carbocycles. The van der Waals surface area contributed by atoms with Gasteiger partial charge in [0.05, 0.1) is 10.7 Å². The molecular weight excluding hydrogens is 357 g/mol. The Kier molecular flexibility index (Phi) is 6.88. The van der Waals surface area contributed by atoms with Crippen LogP contribution in [0.2, 0.25) is 10.0 Å². The molecule has 2 aromatic rings. The third kappa shape index (κ3) is 5.82. The average Bonchev–Trinajstić information content (AvgIpc) is 2.59. The molecule has 4 nitrogen and oxygen atoms in total. The van der Waals surface area contributed by atoms with Crippen molar-refractivity contribution < 1.29 is 4.79 Å². The van der Waals surface area contributed by atoms with E-state index in [4.69, 9.17) is 28.5 Å². The summed E-state index contributed by atoms with van der Waals surface area (Å²) in [5.74, 6) is -0.547. The van der Waals surface area contributed by atoms with Crippen molar-refractivity contribution in [2.75, 3.05) is 11.9 Å². The standard InChI is InChI=1S/C19H17Cl2N3O/c1-13-2-4-14(5-3-13)8-9-23-12-15(11-22)19(25)24-18-10-16(20)6-7-17(18)21/h2-7,10,12,23H,8-9H2,1H3,(H,24,25)/b15-12-. The van der Waals surface area contributed by atoms with E-state index in [9.17, 15) is 4.79 Å². The van der Waals surface area contributed by atoms with E-state index in [0.717, 1.165) is 6.42 Å². The number of nitriles is 1. The normalized spacial score (nSPS) is 10.9. The smallest absolute Gasteiger partial charge is 0.267 e. The number of nitrogens with zero attached hydrogens (tertiary/aromatic N) is 1. The Morgan fingerprint density at radius 3 is 2.60 bits per heavy atom. The average molecular weight is 374 g/mol. The van der Waals surface area contributed by atoms with Crippen LogP contribution < -0.4 is 10.6 Å². The second-order valence-electron chi connectivity index (χ2n) is 5.44. The predicted octanol–water partition coefficient (Wildman–Crippen LogP) is 4.48. The van der Waals surface area contributed by atoms with Crippen molar-refractivity contribution in [3.05, 3.63) is 75.4 Å². The number of hydrogen-bond donors (Lipinski definition) is 2. The van der Waals surface area contributed by atoms with Crippen molar-refractivity contribution in [2.45, 2.75) is 13.3 Å². The van der Waals surface area contributed by atoms with Gasteiger partial charge in [0.1, 0.15) is 11.6 Å². The number of hydrogen-bond acceptors (Lipinski definition) is 3. The van der Waals surface area contributed by atoms with Gasteiger partial charge >= 0.3 is 0 Å². The highest BCUT2D eigenvalue weighted by atomic mass is 35.5. The first kappa shape index (κ1) is 18.9. The van der Waals surface area contributed by atoms with Crippen molar-refractivity contribution in [3.63, 3.8) is 0 Å². The van der Waals surface area contributed by atoms with Crippen LogP contribution in [0, 0.1) is 18.3 Å². The molecule has 128 valence electrons. The van der Waals surface area contributed by atoms with Crippen LogP contribution in [0.25, 0.3) is 0 Å². The Labute approximate surface area is 157 Å². The minimum Gasteiger partial charge on any atom is -0.389 e. The van der Waals surface area contributed by atoms with Gasteiger partial charge in [-0.05, 0) is 37.1 Å². The molecular formula is C19H17Cl2N3O. The van der Waals surface area contributed by atoms with Crippen molar-refractivity contribution >= 4 is 34.8 Å². The molecule has 0 saturated heterocycles. The van der Waals surface area contributed by atoms with Crippen LogP contribution in [0.3, 0.4) is 0 Å². The molecule has 2 aromatic carbocycles. The first-order valence-corrected chi connectivity index (χ1v) is 8.41. The number of aryl methyl sites for hydroxylation is 1. The van der Waals surface area contributed by atoms with Gasteiger partial charge in [-0.25, -0.2) is 0 Å². The maximum absolute atomic E-state index is 12.2. The summed E-state index contributed by atoms with van der Waals surface area (Å²) in [6, 6.07) is 14.8. The SMILES string of the molecule is Cc1ccc(CCN/C=C(/C#N)C(=O)Nc2cc(Cl)ccc2Cl)cc1. The molecule has 0 saturated carbocycles. The van der Waals surface area contributed by atoms with E-state index in [2.05, 4.69) is 22.8 Å². The second-order valence-corrected chi connectivity index (χ2v) is 6.28. The summed E-state index contributed by atoms with van der Waals surface area (Å²) in [6.07, 6.45) is 2.19. The molecule has 6 heteroatoms. The molecule has 0 aromatic heterocycles. The molecule has 1 amide bonds. The summed E-state index contributed by atoms with van der Waals surface area (Å²) in [4.78, 5) is 12.2. The van der Waals surface area contributed by atoms with Crippen LogP contribution in [-0.4, -0.2) is 12.5 Å². The van der Waals surface area contributed by atoms with Crippen LogP contribution >= 0.6 is 23.2 Å². The quantitative estimate of drug-likeness (QED) is 0.445. The van der Waals surface area contributed by atoms with Gasteiger partial charge in [-0.15, -0.1) is 0 Å². The van der Waals surface area contributed by atoms with Gasteiger partial charge < -0.3 is 10.6 Å². The summed E-state index contributed by atoms with van der Waals surface area (Å²) in [5.41, 5.74) is 2.71. The molecule has 0 heterocycles. The topological polar surface area (TPSA) is 64.9 Å². The first-order chi connectivity index (χ1) is 12.0. The summed E-state index contributed by atoms with van der Waals surface area (Å²) in [5, 5.41) is 15.5. The maximum Gasteiger partial charge on any atom is 0.267 e. The Bertz CT molecular complexity index is 824. The van der Waals surface area contributed by atoms with Crippen LogP contribution in [0.5, 0.6) is 0 Å². The Morgan fingerprint density at radius 1 is 1.20 bits per heavy atom. The van der Waals surface area contributed by atoms with Crippen LogP contribution in [0.4, 0.5) is 5.69 Å². The monoisotopic (exact) mass is 373 g/mol. The maximum atomic E-state index is 12.2. The fourth-order valence-electron chi connectivity index (χ4n) is 2.08. The van der Waals surface area contributed by atoms with Crippen LogP contribution in [0.1, 0.15) is 11.1 Å². The molecule has 0 spiro atoms. The lowest BCUT2D eigenvalue weighted by atomic mass is 10.1. The zero-order chi connectivity index (χ0) is 18.2. The Hall–Kier alpha value is -2.48. The van der Waals surface area contributed by atoms with E-state index in [1.165, 1.54) is 23.4 Å². The summed E-state index contributed by atoms with van der Waals surface area (Å²) >= 11 is 11.9. The van der Waals surface area contributed by atoms with Crippen molar-refractivity contribution in [1.82, 2.24) is 5.32 Å². The van der Waals surface area contributed by atoms with Gasteiger partial charge in [-0.1, -0.05) is 53.0 Å². The van der Waals surface area contributed by atoms with Crippen LogP contribution in [-0.2, 0) is 11.2 Å². The highest BCUT2D eigenvalue weighted by molar-refractivity contribution is 6.35. The minimum absolute atomic E-state index is 0.0417. The zero-order valence-electron chi connectivity index (χ0n) is 13.6. The molecule has 0 bridgehead atoms. The number of rotatable bonds is 6. The summed E-state index contributed by atoms with van der Waals surface area (Å²) in [7, 11) is 0. The largest absolute Gasteiger partial charge is 0.389 e. The van der Waals surface area contributed by atoms with E-state index < -0.39 is 5.91 Å². The Morgan fingerprint density at radius 2 is 1.92 bits per heavy atom. The lowest BCUT2D eigenvalue weighted by Crippen LogP contribution is -2.18. The predicted molar refractivity (Wildman–Crippen MR) is 102 cm³/mol. The number of halogens is 2. The summed E-state index contributed by atoms with van der Waals surface area (Å²) in [6.45, 7) is 2.65. The molecule has 2 rings (SSSR count). The fourth-order valence-corrected chi connectivity index (χ4v) is 2.41. The van der Waals surface area contributed by atoms with E-state index >= 15 is 0 Å². The molecule has 0 unspecified atom stereocenters. The third-order valence-electron chi connectivity index (χ3n) is 3.47. The molecule has 0 fully saturated rings. The number of carbonyl (C=O) groups is 1. The molecule has 0 atom stereocenters.